The molecule has 3 nitrogen and oxygen atoms in total. The number of fused-ring (bicyclic) bond motifs is 1. The fraction of sp³-hybridized carbons (Fsp3) is 0.500. The Morgan fingerprint density at radius 1 is 1.44 bits per heavy atom. The van der Waals surface area contributed by atoms with Crippen LogP contribution in [0.4, 0.5) is 0 Å². The van der Waals surface area contributed by atoms with Crippen LogP contribution < -0.4 is 0 Å². The van der Waals surface area contributed by atoms with Crippen LogP contribution in [-0.4, -0.2) is 20.7 Å². The Morgan fingerprint density at radius 2 is 2.38 bits per heavy atom. The van der Waals surface area contributed by atoms with Crippen molar-refractivity contribution < 1.29 is 0 Å². The van der Waals surface area contributed by atoms with E-state index in [2.05, 4.69) is 27.9 Å². The molecule has 3 rings (SSSR count). The zero-order valence-electron chi connectivity index (χ0n) is 9.36. The normalized spacial score (nSPS) is 21.4. The molecule has 4 heteroatoms. The number of nitrogens with one attached hydrogen (secondary N) is 1. The van der Waals surface area contributed by atoms with Crippen LogP contribution in [0.25, 0.3) is 11.2 Å². The second-order valence-electron chi connectivity index (χ2n) is 4.36. The minimum Gasteiger partial charge on any atom is -0.340 e. The van der Waals surface area contributed by atoms with Crippen molar-refractivity contribution in [3.8, 4) is 0 Å². The van der Waals surface area contributed by atoms with Crippen molar-refractivity contribution in [1.82, 2.24) is 15.0 Å². The fourth-order valence-corrected chi connectivity index (χ4v) is 3.39. The fourth-order valence-electron chi connectivity index (χ4n) is 2.13. The van der Waals surface area contributed by atoms with Gasteiger partial charge in [-0.3, -0.25) is 0 Å². The van der Waals surface area contributed by atoms with E-state index in [-0.39, 0.29) is 0 Å². The van der Waals surface area contributed by atoms with E-state index >= 15 is 0 Å². The van der Waals surface area contributed by atoms with E-state index in [4.69, 9.17) is 0 Å². The van der Waals surface area contributed by atoms with Crippen molar-refractivity contribution in [1.29, 1.82) is 0 Å². The molecule has 1 unspecified atom stereocenters. The number of aromatic nitrogens is 3. The summed E-state index contributed by atoms with van der Waals surface area (Å²) >= 11 is 2.01. The molecule has 0 radical (unpaired) electrons. The Bertz CT molecular complexity index is 500. The monoisotopic (exact) mass is 233 g/mol. The number of hydrogen-bond acceptors (Lipinski definition) is 3. The molecular formula is C12H15N3S. The summed E-state index contributed by atoms with van der Waals surface area (Å²) in [6.45, 7) is 2.06. The van der Waals surface area contributed by atoms with Crippen molar-refractivity contribution in [3.05, 3.63) is 23.7 Å². The molecule has 1 aliphatic heterocycles. The van der Waals surface area contributed by atoms with Crippen LogP contribution in [0.5, 0.6) is 0 Å². The molecule has 16 heavy (non-hydrogen) atoms. The first-order chi connectivity index (χ1) is 7.83. The van der Waals surface area contributed by atoms with Gasteiger partial charge in [0, 0.05) is 6.20 Å². The second kappa shape index (κ2) is 4.09. The Balaban J connectivity index is 1.97. The standard InChI is InChI=1S/C12H15N3S/c1-8-6-9-11(13-7-8)15-12(14-9)10-4-2-3-5-16-10/h6-7,10H,2-5H2,1H3,(H,13,14,15). The van der Waals surface area contributed by atoms with E-state index < -0.39 is 0 Å². The molecule has 0 aromatic carbocycles. The summed E-state index contributed by atoms with van der Waals surface area (Å²) in [5, 5.41) is 0.545. The van der Waals surface area contributed by atoms with Gasteiger partial charge in [0.15, 0.2) is 5.65 Å². The highest BCUT2D eigenvalue weighted by Crippen LogP contribution is 2.37. The van der Waals surface area contributed by atoms with Crippen molar-refractivity contribution in [2.24, 2.45) is 0 Å². The Hall–Kier alpha value is -1.03. The van der Waals surface area contributed by atoms with E-state index in [1.54, 1.807) is 0 Å². The maximum absolute atomic E-state index is 4.59. The number of H-pyrrole nitrogens is 1. The zero-order chi connectivity index (χ0) is 11.0. The molecule has 1 atom stereocenters. The first-order valence-electron chi connectivity index (χ1n) is 5.77. The molecule has 0 amide bonds. The number of thioether (sulfide) groups is 1. The number of aryl methyl sites for hydroxylation is 1. The van der Waals surface area contributed by atoms with E-state index in [9.17, 15) is 0 Å². The predicted molar refractivity (Wildman–Crippen MR) is 67.7 cm³/mol. The highest BCUT2D eigenvalue weighted by molar-refractivity contribution is 7.99. The molecule has 84 valence electrons. The van der Waals surface area contributed by atoms with Crippen molar-refractivity contribution in [2.45, 2.75) is 31.4 Å². The number of aromatic amines is 1. The third-order valence-electron chi connectivity index (χ3n) is 2.98. The van der Waals surface area contributed by atoms with Crippen molar-refractivity contribution in [2.75, 3.05) is 5.75 Å². The molecule has 1 N–H and O–H groups in total. The average molecular weight is 233 g/mol. The molecule has 0 aliphatic carbocycles. The number of nitrogens with zero attached hydrogens (tertiary/aromatic N) is 2. The van der Waals surface area contributed by atoms with Crippen molar-refractivity contribution >= 4 is 22.9 Å². The lowest BCUT2D eigenvalue weighted by atomic mass is 10.2. The minimum atomic E-state index is 0.545. The average Bonchev–Trinajstić information content (AvgIpc) is 2.73. The van der Waals surface area contributed by atoms with Gasteiger partial charge in [0.25, 0.3) is 0 Å². The Morgan fingerprint density at radius 3 is 3.19 bits per heavy atom. The smallest absolute Gasteiger partial charge is 0.177 e. The maximum atomic E-state index is 4.59. The van der Waals surface area contributed by atoms with Crippen LogP contribution >= 0.6 is 11.8 Å². The number of imidazole rings is 1. The molecule has 3 heterocycles. The second-order valence-corrected chi connectivity index (χ2v) is 5.67. The van der Waals surface area contributed by atoms with Gasteiger partial charge in [-0.05, 0) is 37.1 Å². The number of rotatable bonds is 1. The van der Waals surface area contributed by atoms with Gasteiger partial charge in [-0.1, -0.05) is 6.42 Å². The molecule has 0 bridgehead atoms. The van der Waals surface area contributed by atoms with Gasteiger partial charge < -0.3 is 4.98 Å². The Labute approximate surface area is 99.1 Å². The van der Waals surface area contributed by atoms with E-state index in [1.807, 2.05) is 18.0 Å². The lowest BCUT2D eigenvalue weighted by Crippen LogP contribution is -2.03. The number of hydrogen-bond donors (Lipinski definition) is 1. The van der Waals surface area contributed by atoms with Gasteiger partial charge in [-0.15, -0.1) is 0 Å². The third kappa shape index (κ3) is 1.82. The largest absolute Gasteiger partial charge is 0.340 e. The highest BCUT2D eigenvalue weighted by Gasteiger charge is 2.19. The molecule has 2 aromatic rings. The van der Waals surface area contributed by atoms with Crippen LogP contribution in [0.1, 0.15) is 35.9 Å². The Kier molecular flexibility index (Phi) is 2.59. The summed E-state index contributed by atoms with van der Waals surface area (Å²) in [7, 11) is 0. The SMILES string of the molecule is Cc1cnc2nc(C3CCCCS3)[nH]c2c1. The lowest BCUT2D eigenvalue weighted by Gasteiger charge is -2.18. The summed E-state index contributed by atoms with van der Waals surface area (Å²) in [6.07, 6.45) is 5.78. The summed E-state index contributed by atoms with van der Waals surface area (Å²) in [4.78, 5) is 12.3. The van der Waals surface area contributed by atoms with E-state index in [0.29, 0.717) is 5.25 Å². The summed E-state index contributed by atoms with van der Waals surface area (Å²) in [5.41, 5.74) is 3.10. The lowest BCUT2D eigenvalue weighted by molar-refractivity contribution is 0.668. The molecule has 1 fully saturated rings. The molecular weight excluding hydrogens is 218 g/mol. The highest BCUT2D eigenvalue weighted by atomic mass is 32.2. The molecule has 0 spiro atoms. The van der Waals surface area contributed by atoms with Gasteiger partial charge in [-0.25, -0.2) is 9.97 Å². The van der Waals surface area contributed by atoms with Gasteiger partial charge >= 0.3 is 0 Å². The number of pyridine rings is 1. The quantitative estimate of drug-likeness (QED) is 0.822. The summed E-state index contributed by atoms with van der Waals surface area (Å²) < 4.78 is 0. The molecule has 1 aliphatic rings. The van der Waals surface area contributed by atoms with E-state index in [1.165, 1.54) is 30.6 Å². The van der Waals surface area contributed by atoms with Gasteiger partial charge in [-0.2, -0.15) is 11.8 Å². The third-order valence-corrected chi connectivity index (χ3v) is 4.36. The van der Waals surface area contributed by atoms with Gasteiger partial charge in [0.1, 0.15) is 5.82 Å². The first kappa shape index (κ1) is 10.1. The molecule has 0 saturated carbocycles. The van der Waals surface area contributed by atoms with Gasteiger partial charge in [0.2, 0.25) is 0 Å². The summed E-state index contributed by atoms with van der Waals surface area (Å²) in [5.74, 6) is 2.37. The summed E-state index contributed by atoms with van der Waals surface area (Å²) in [6, 6.07) is 2.12. The van der Waals surface area contributed by atoms with Crippen LogP contribution in [-0.2, 0) is 0 Å². The minimum absolute atomic E-state index is 0.545. The molecule has 1 saturated heterocycles. The van der Waals surface area contributed by atoms with E-state index in [0.717, 1.165) is 17.0 Å². The van der Waals surface area contributed by atoms with Crippen LogP contribution in [0.15, 0.2) is 12.3 Å². The van der Waals surface area contributed by atoms with Crippen LogP contribution in [0, 0.1) is 6.92 Å². The van der Waals surface area contributed by atoms with Crippen LogP contribution in [0.3, 0.4) is 0 Å². The topological polar surface area (TPSA) is 41.6 Å². The van der Waals surface area contributed by atoms with Gasteiger partial charge in [0.05, 0.1) is 10.8 Å². The first-order valence-corrected chi connectivity index (χ1v) is 6.82. The zero-order valence-corrected chi connectivity index (χ0v) is 10.2. The maximum Gasteiger partial charge on any atom is 0.177 e. The predicted octanol–water partition coefficient (Wildman–Crippen LogP) is 3.22. The van der Waals surface area contributed by atoms with Crippen molar-refractivity contribution in [3.63, 3.8) is 0 Å². The molecule has 2 aromatic heterocycles. The van der Waals surface area contributed by atoms with Crippen LogP contribution in [0.2, 0.25) is 0 Å².